The second-order valence-electron chi connectivity index (χ2n) is 6.08. The molecule has 25 heavy (non-hydrogen) atoms. The molecule has 0 bridgehead atoms. The van der Waals surface area contributed by atoms with Gasteiger partial charge in [-0.2, -0.15) is 13.5 Å². The first-order valence-electron chi connectivity index (χ1n) is 8.87. The van der Waals surface area contributed by atoms with Crippen molar-refractivity contribution in [3.05, 3.63) is 59.7 Å². The lowest BCUT2D eigenvalue weighted by atomic mass is 10.0. The van der Waals surface area contributed by atoms with E-state index in [1.54, 1.807) is 0 Å². The van der Waals surface area contributed by atoms with Crippen molar-refractivity contribution in [1.29, 1.82) is 0 Å². The Morgan fingerprint density at radius 3 is 1.60 bits per heavy atom. The van der Waals surface area contributed by atoms with Crippen molar-refractivity contribution in [2.75, 3.05) is 4.90 Å². The van der Waals surface area contributed by atoms with E-state index in [2.05, 4.69) is 79.9 Å². The van der Waals surface area contributed by atoms with Gasteiger partial charge in [-0.1, -0.05) is 75.3 Å². The molecule has 0 aliphatic heterocycles. The summed E-state index contributed by atoms with van der Waals surface area (Å²) in [7, 11) is 0. The smallest absolute Gasteiger partial charge is 0.142 e. The third-order valence-corrected chi connectivity index (χ3v) is 4.64. The SMILES string of the molecule is CCCCc1ccccc1N(C(=S)S)c1ccccc1CCCC.S. The topological polar surface area (TPSA) is 3.24 Å². The number of thiocarbonyl (C=S) groups is 1. The van der Waals surface area contributed by atoms with Gasteiger partial charge in [-0.15, -0.1) is 12.6 Å². The number of nitrogens with zero attached hydrogens (tertiary/aromatic N) is 1. The van der Waals surface area contributed by atoms with Gasteiger partial charge in [-0.3, -0.25) is 4.90 Å². The van der Waals surface area contributed by atoms with E-state index in [-0.39, 0.29) is 13.5 Å². The molecule has 136 valence electrons. The number of unbranched alkanes of at least 4 members (excludes halogenated alkanes) is 2. The average Bonchev–Trinajstić information content (AvgIpc) is 2.60. The Hall–Kier alpha value is -0.970. The van der Waals surface area contributed by atoms with E-state index < -0.39 is 0 Å². The van der Waals surface area contributed by atoms with Gasteiger partial charge >= 0.3 is 0 Å². The average molecular weight is 392 g/mol. The molecule has 0 aromatic heterocycles. The highest BCUT2D eigenvalue weighted by molar-refractivity contribution is 8.11. The number of thiol groups is 1. The fourth-order valence-electron chi connectivity index (χ4n) is 2.95. The maximum atomic E-state index is 5.52. The molecule has 2 aromatic rings. The first kappa shape index (κ1) is 22.1. The second kappa shape index (κ2) is 11.6. The molecule has 0 unspecified atom stereocenters. The van der Waals surface area contributed by atoms with Gasteiger partial charge in [0.1, 0.15) is 4.32 Å². The number of para-hydroxylation sites is 2. The van der Waals surface area contributed by atoms with Crippen molar-refractivity contribution in [2.45, 2.75) is 52.4 Å². The molecule has 0 aliphatic rings. The van der Waals surface area contributed by atoms with Gasteiger partial charge in [0.25, 0.3) is 0 Å². The van der Waals surface area contributed by atoms with Crippen LogP contribution in [-0.4, -0.2) is 4.32 Å². The number of hydrogen-bond donors (Lipinski definition) is 1. The number of anilines is 2. The molecule has 0 radical (unpaired) electrons. The summed E-state index contributed by atoms with van der Waals surface area (Å²) in [6.07, 6.45) is 6.87. The lowest BCUT2D eigenvalue weighted by Gasteiger charge is -2.28. The molecule has 2 rings (SSSR count). The molecule has 0 N–H and O–H groups in total. The van der Waals surface area contributed by atoms with Crippen LogP contribution in [0.1, 0.15) is 50.7 Å². The van der Waals surface area contributed by atoms with Crippen molar-refractivity contribution >= 4 is 54.0 Å². The van der Waals surface area contributed by atoms with Crippen LogP contribution in [0.5, 0.6) is 0 Å². The Morgan fingerprint density at radius 1 is 0.840 bits per heavy atom. The summed E-state index contributed by atoms with van der Waals surface area (Å²) < 4.78 is 0.600. The fraction of sp³-hybridized carbons (Fsp3) is 0.381. The van der Waals surface area contributed by atoms with E-state index in [4.69, 9.17) is 12.2 Å². The lowest BCUT2D eigenvalue weighted by molar-refractivity contribution is 0.791. The number of aryl methyl sites for hydroxylation is 2. The Bertz CT molecular complexity index is 618. The number of rotatable bonds is 8. The van der Waals surface area contributed by atoms with Crippen LogP contribution in [0.2, 0.25) is 0 Å². The van der Waals surface area contributed by atoms with Gasteiger partial charge < -0.3 is 0 Å². The summed E-state index contributed by atoms with van der Waals surface area (Å²) >= 11 is 10.1. The molecule has 2 aromatic carbocycles. The van der Waals surface area contributed by atoms with Crippen LogP contribution in [0, 0.1) is 0 Å². The maximum Gasteiger partial charge on any atom is 0.142 e. The van der Waals surface area contributed by atoms with E-state index in [1.807, 2.05) is 0 Å². The van der Waals surface area contributed by atoms with Gasteiger partial charge in [-0.25, -0.2) is 0 Å². The molecule has 0 amide bonds. The Kier molecular flexibility index (Phi) is 10.2. The van der Waals surface area contributed by atoms with Crippen LogP contribution in [0.15, 0.2) is 48.5 Å². The number of hydrogen-bond acceptors (Lipinski definition) is 1. The quantitative estimate of drug-likeness (QED) is 0.388. The third kappa shape index (κ3) is 6.05. The van der Waals surface area contributed by atoms with Crippen molar-refractivity contribution < 1.29 is 0 Å². The number of benzene rings is 2. The minimum Gasteiger partial charge on any atom is -0.296 e. The lowest BCUT2D eigenvalue weighted by Crippen LogP contribution is -2.22. The van der Waals surface area contributed by atoms with Crippen molar-refractivity contribution in [3.8, 4) is 0 Å². The Balaban J connectivity index is 0.00000312. The van der Waals surface area contributed by atoms with Gasteiger partial charge in [0, 0.05) is 0 Å². The van der Waals surface area contributed by atoms with Crippen LogP contribution >= 0.6 is 38.3 Å². The summed E-state index contributed by atoms with van der Waals surface area (Å²) in [6, 6.07) is 17.1. The van der Waals surface area contributed by atoms with Gasteiger partial charge in [0.15, 0.2) is 0 Å². The van der Waals surface area contributed by atoms with E-state index in [0.29, 0.717) is 4.32 Å². The van der Waals surface area contributed by atoms with Gasteiger partial charge in [0.2, 0.25) is 0 Å². The largest absolute Gasteiger partial charge is 0.296 e. The van der Waals surface area contributed by atoms with Crippen LogP contribution in [0.4, 0.5) is 11.4 Å². The third-order valence-electron chi connectivity index (χ3n) is 4.26. The van der Waals surface area contributed by atoms with E-state index in [9.17, 15) is 0 Å². The zero-order valence-electron chi connectivity index (χ0n) is 15.2. The van der Waals surface area contributed by atoms with Crippen molar-refractivity contribution in [1.82, 2.24) is 0 Å². The highest BCUT2D eigenvalue weighted by atomic mass is 32.1. The zero-order chi connectivity index (χ0) is 17.4. The summed E-state index contributed by atoms with van der Waals surface area (Å²) in [5, 5.41) is 0. The monoisotopic (exact) mass is 391 g/mol. The molecule has 4 heteroatoms. The molecule has 0 aliphatic carbocycles. The first-order chi connectivity index (χ1) is 11.7. The van der Waals surface area contributed by atoms with E-state index >= 15 is 0 Å². The van der Waals surface area contributed by atoms with Crippen LogP contribution in [-0.2, 0) is 12.8 Å². The van der Waals surface area contributed by atoms with Crippen LogP contribution in [0.3, 0.4) is 0 Å². The molecule has 0 fully saturated rings. The summed E-state index contributed by atoms with van der Waals surface area (Å²) in [5.41, 5.74) is 4.99. The molecule has 0 heterocycles. The van der Waals surface area contributed by atoms with Crippen molar-refractivity contribution in [2.24, 2.45) is 0 Å². The molecule has 0 saturated carbocycles. The first-order valence-corrected chi connectivity index (χ1v) is 9.73. The van der Waals surface area contributed by atoms with Gasteiger partial charge in [0.05, 0.1) is 11.4 Å². The summed E-state index contributed by atoms with van der Waals surface area (Å²) in [4.78, 5) is 2.13. The zero-order valence-corrected chi connectivity index (χ0v) is 17.9. The molecular formula is C21H29NS3. The van der Waals surface area contributed by atoms with E-state index in [0.717, 1.165) is 24.2 Å². The highest BCUT2D eigenvalue weighted by Gasteiger charge is 2.18. The van der Waals surface area contributed by atoms with Crippen LogP contribution in [0.25, 0.3) is 0 Å². The second-order valence-corrected chi connectivity index (χ2v) is 7.20. The molecule has 0 spiro atoms. The summed E-state index contributed by atoms with van der Waals surface area (Å²) in [6.45, 7) is 4.45. The maximum absolute atomic E-state index is 5.52. The fourth-order valence-corrected chi connectivity index (χ4v) is 3.36. The van der Waals surface area contributed by atoms with Crippen LogP contribution < -0.4 is 4.90 Å². The minimum absolute atomic E-state index is 0. The molecule has 0 atom stereocenters. The Labute approximate surface area is 170 Å². The van der Waals surface area contributed by atoms with E-state index in [1.165, 1.54) is 36.8 Å². The molecular weight excluding hydrogens is 362 g/mol. The normalized spacial score (nSPS) is 10.2. The Morgan fingerprint density at radius 2 is 1.24 bits per heavy atom. The van der Waals surface area contributed by atoms with Gasteiger partial charge in [-0.05, 0) is 48.9 Å². The minimum atomic E-state index is 0. The highest BCUT2D eigenvalue weighted by Crippen LogP contribution is 2.34. The predicted molar refractivity (Wildman–Crippen MR) is 124 cm³/mol. The predicted octanol–water partition coefficient (Wildman–Crippen LogP) is 6.84. The molecule has 1 nitrogen and oxygen atoms in total. The molecule has 0 saturated heterocycles. The standard InChI is InChI=1S/C21H27NS2.H2S/c1-3-5-11-17-13-7-9-15-19(17)22(21(23)24)20-16-10-8-14-18(20)12-6-4-2;/h7-10,13-16H,3-6,11-12H2,1-2H3,(H,23,24);1H2. The summed E-state index contributed by atoms with van der Waals surface area (Å²) in [5.74, 6) is 0. The van der Waals surface area contributed by atoms with Crippen molar-refractivity contribution in [3.63, 3.8) is 0 Å².